The van der Waals surface area contributed by atoms with E-state index < -0.39 is 0 Å². The average molecular weight is 375 g/mol. The van der Waals surface area contributed by atoms with E-state index in [9.17, 15) is 9.90 Å². The number of halogens is 1. The van der Waals surface area contributed by atoms with E-state index in [1.54, 1.807) is 4.90 Å². The summed E-state index contributed by atoms with van der Waals surface area (Å²) in [5.74, 6) is 0.0155. The molecule has 5 heteroatoms. The molecule has 1 saturated heterocycles. The Hall–Kier alpha value is -0.660. The van der Waals surface area contributed by atoms with Crippen molar-refractivity contribution in [1.29, 1.82) is 0 Å². The topological polar surface area (TPSA) is 49.8 Å². The second-order valence-corrected chi connectivity index (χ2v) is 5.98. The van der Waals surface area contributed by atoms with Crippen molar-refractivity contribution in [3.05, 3.63) is 32.9 Å². The Kier molecular flexibility index (Phi) is 4.81. The number of nitrogens with zero attached hydrogens (tertiary/aromatic N) is 1. The third-order valence-electron chi connectivity index (χ3n) is 3.24. The molecule has 0 aliphatic carbocycles. The van der Waals surface area contributed by atoms with Crippen LogP contribution >= 0.6 is 22.6 Å². The van der Waals surface area contributed by atoms with E-state index >= 15 is 0 Å². The van der Waals surface area contributed by atoms with Crippen LogP contribution in [0.1, 0.15) is 22.8 Å². The molecule has 1 aliphatic rings. The van der Waals surface area contributed by atoms with Crippen LogP contribution in [0.3, 0.4) is 0 Å². The molecular weight excluding hydrogens is 357 g/mol. The van der Waals surface area contributed by atoms with Crippen LogP contribution in [-0.2, 0) is 4.74 Å². The number of amides is 1. The number of hydrogen-bond acceptors (Lipinski definition) is 3. The first-order valence-corrected chi connectivity index (χ1v) is 7.41. The van der Waals surface area contributed by atoms with Crippen LogP contribution in [0, 0.1) is 10.5 Å². The van der Waals surface area contributed by atoms with Crippen molar-refractivity contribution < 1.29 is 14.6 Å². The van der Waals surface area contributed by atoms with Crippen LogP contribution in [0.4, 0.5) is 0 Å². The number of aryl methyl sites for hydroxylation is 1. The Balaban J connectivity index is 2.21. The van der Waals surface area contributed by atoms with Gasteiger partial charge in [-0.1, -0.05) is 12.1 Å². The molecule has 0 bridgehead atoms. The van der Waals surface area contributed by atoms with Gasteiger partial charge in [0.15, 0.2) is 0 Å². The van der Waals surface area contributed by atoms with E-state index in [0.29, 0.717) is 13.1 Å². The zero-order valence-electron chi connectivity index (χ0n) is 11.1. The van der Waals surface area contributed by atoms with Crippen molar-refractivity contribution in [2.45, 2.75) is 26.1 Å². The molecule has 1 fully saturated rings. The molecule has 1 amide bonds. The van der Waals surface area contributed by atoms with E-state index in [1.807, 2.05) is 32.0 Å². The standard InChI is InChI=1S/C14H18INO3/c1-9-4-3-5-12(13(9)15)14(18)16-6-10(2)19-11(7-16)8-17/h3-5,10-11,17H,6-8H2,1-2H3. The van der Waals surface area contributed by atoms with Crippen molar-refractivity contribution >= 4 is 28.5 Å². The zero-order valence-corrected chi connectivity index (χ0v) is 13.3. The summed E-state index contributed by atoms with van der Waals surface area (Å²) in [6, 6.07) is 5.75. The van der Waals surface area contributed by atoms with Gasteiger partial charge in [0.05, 0.1) is 24.4 Å². The van der Waals surface area contributed by atoms with E-state index in [4.69, 9.17) is 4.74 Å². The summed E-state index contributed by atoms with van der Waals surface area (Å²) in [4.78, 5) is 14.3. The van der Waals surface area contributed by atoms with Crippen molar-refractivity contribution in [3.63, 3.8) is 0 Å². The van der Waals surface area contributed by atoms with E-state index in [1.165, 1.54) is 0 Å². The number of carbonyl (C=O) groups excluding carboxylic acids is 1. The second kappa shape index (κ2) is 6.19. The summed E-state index contributed by atoms with van der Waals surface area (Å²) >= 11 is 2.21. The van der Waals surface area contributed by atoms with Gasteiger partial charge < -0.3 is 14.7 Å². The lowest BCUT2D eigenvalue weighted by Gasteiger charge is -2.36. The van der Waals surface area contributed by atoms with Gasteiger partial charge in [0.25, 0.3) is 5.91 Å². The number of benzene rings is 1. The monoisotopic (exact) mass is 375 g/mol. The van der Waals surface area contributed by atoms with E-state index in [0.717, 1.165) is 14.7 Å². The first-order valence-electron chi connectivity index (χ1n) is 6.33. The Bertz CT molecular complexity index is 478. The highest BCUT2D eigenvalue weighted by Gasteiger charge is 2.29. The summed E-state index contributed by atoms with van der Waals surface area (Å²) < 4.78 is 6.55. The zero-order chi connectivity index (χ0) is 14.0. The fraction of sp³-hybridized carbons (Fsp3) is 0.500. The van der Waals surface area contributed by atoms with Crippen LogP contribution < -0.4 is 0 Å². The molecule has 2 atom stereocenters. The third kappa shape index (κ3) is 3.27. The molecule has 1 aromatic carbocycles. The molecule has 1 aliphatic heterocycles. The molecule has 104 valence electrons. The molecule has 4 nitrogen and oxygen atoms in total. The minimum Gasteiger partial charge on any atom is -0.394 e. The minimum atomic E-state index is -0.282. The smallest absolute Gasteiger partial charge is 0.255 e. The summed E-state index contributed by atoms with van der Waals surface area (Å²) in [6.07, 6.45) is -0.326. The lowest BCUT2D eigenvalue weighted by Crippen LogP contribution is -2.50. The highest BCUT2D eigenvalue weighted by Crippen LogP contribution is 2.20. The first kappa shape index (κ1) is 14.7. The fourth-order valence-electron chi connectivity index (χ4n) is 2.29. The Morgan fingerprint density at radius 3 is 2.95 bits per heavy atom. The summed E-state index contributed by atoms with van der Waals surface area (Å²) in [5.41, 5.74) is 1.83. The first-order chi connectivity index (χ1) is 9.02. The van der Waals surface area contributed by atoms with Gasteiger partial charge in [0, 0.05) is 16.7 Å². The Morgan fingerprint density at radius 1 is 1.53 bits per heavy atom. The average Bonchev–Trinajstić information content (AvgIpc) is 2.40. The van der Waals surface area contributed by atoms with Crippen molar-refractivity contribution in [1.82, 2.24) is 4.90 Å². The minimum absolute atomic E-state index is 0.0155. The molecule has 0 spiro atoms. The molecule has 1 aromatic rings. The van der Waals surface area contributed by atoms with Crippen molar-refractivity contribution in [2.75, 3.05) is 19.7 Å². The predicted molar refractivity (Wildman–Crippen MR) is 81.2 cm³/mol. The molecule has 0 saturated carbocycles. The van der Waals surface area contributed by atoms with Gasteiger partial charge in [-0.2, -0.15) is 0 Å². The maximum absolute atomic E-state index is 12.6. The molecule has 1 heterocycles. The molecule has 0 aromatic heterocycles. The SMILES string of the molecule is Cc1cccc(C(=O)N2CC(C)OC(CO)C2)c1I. The van der Waals surface area contributed by atoms with Crippen LogP contribution in [-0.4, -0.2) is 47.8 Å². The summed E-state index contributed by atoms with van der Waals surface area (Å²) in [6.45, 7) is 4.88. The highest BCUT2D eigenvalue weighted by atomic mass is 127. The molecule has 0 radical (unpaired) electrons. The van der Waals surface area contributed by atoms with Gasteiger partial charge in [0.2, 0.25) is 0 Å². The Labute approximate surface area is 126 Å². The number of morpholine rings is 1. The lowest BCUT2D eigenvalue weighted by atomic mass is 10.1. The lowest BCUT2D eigenvalue weighted by molar-refractivity contribution is -0.0858. The molecule has 1 N–H and O–H groups in total. The van der Waals surface area contributed by atoms with Crippen LogP contribution in [0.2, 0.25) is 0 Å². The number of rotatable bonds is 2. The molecule has 2 rings (SSSR count). The van der Waals surface area contributed by atoms with Crippen LogP contribution in [0.5, 0.6) is 0 Å². The number of hydrogen-bond donors (Lipinski definition) is 1. The van der Waals surface area contributed by atoms with Crippen LogP contribution in [0.25, 0.3) is 0 Å². The van der Waals surface area contributed by atoms with Crippen molar-refractivity contribution in [3.8, 4) is 0 Å². The van der Waals surface area contributed by atoms with Crippen LogP contribution in [0.15, 0.2) is 18.2 Å². The van der Waals surface area contributed by atoms with Gasteiger partial charge in [-0.15, -0.1) is 0 Å². The second-order valence-electron chi connectivity index (χ2n) is 4.90. The largest absolute Gasteiger partial charge is 0.394 e. The molecule has 19 heavy (non-hydrogen) atoms. The maximum Gasteiger partial charge on any atom is 0.255 e. The van der Waals surface area contributed by atoms with Crippen molar-refractivity contribution in [2.24, 2.45) is 0 Å². The molecule has 2 unspecified atom stereocenters. The number of ether oxygens (including phenoxy) is 1. The van der Waals surface area contributed by atoms with Gasteiger partial charge in [-0.25, -0.2) is 0 Å². The number of aliphatic hydroxyl groups excluding tert-OH is 1. The molecular formula is C14H18INO3. The maximum atomic E-state index is 12.6. The van der Waals surface area contributed by atoms with Gasteiger partial charge in [-0.05, 0) is 48.1 Å². The Morgan fingerprint density at radius 2 is 2.26 bits per heavy atom. The summed E-state index contributed by atoms with van der Waals surface area (Å²) in [5, 5.41) is 9.21. The third-order valence-corrected chi connectivity index (χ3v) is 4.67. The quantitative estimate of drug-likeness (QED) is 0.803. The normalized spacial score (nSPS) is 23.5. The van der Waals surface area contributed by atoms with Gasteiger partial charge in [-0.3, -0.25) is 4.79 Å². The summed E-state index contributed by atoms with van der Waals surface area (Å²) in [7, 11) is 0. The van der Waals surface area contributed by atoms with Gasteiger partial charge in [0.1, 0.15) is 0 Å². The van der Waals surface area contributed by atoms with E-state index in [2.05, 4.69) is 22.6 Å². The van der Waals surface area contributed by atoms with E-state index in [-0.39, 0.29) is 24.7 Å². The van der Waals surface area contributed by atoms with Gasteiger partial charge >= 0.3 is 0 Å². The highest BCUT2D eigenvalue weighted by molar-refractivity contribution is 14.1. The number of carbonyl (C=O) groups is 1. The fourth-order valence-corrected chi connectivity index (χ4v) is 2.89. The number of aliphatic hydroxyl groups is 1. The predicted octanol–water partition coefficient (Wildman–Crippen LogP) is 1.82.